The van der Waals surface area contributed by atoms with Gasteiger partial charge in [0, 0.05) is 12.6 Å². The normalized spacial score (nSPS) is 18.0. The number of ketones is 1. The molecule has 1 aromatic carbocycles. The number of carbonyl (C=O) groups excluding carboxylic acids is 1. The van der Waals surface area contributed by atoms with Crippen LogP contribution in [0.4, 0.5) is 0 Å². The summed E-state index contributed by atoms with van der Waals surface area (Å²) in [7, 11) is 0. The van der Waals surface area contributed by atoms with Crippen molar-refractivity contribution in [1.82, 2.24) is 19.6 Å². The van der Waals surface area contributed by atoms with E-state index < -0.39 is 0 Å². The lowest BCUT2D eigenvalue weighted by Crippen LogP contribution is -2.22. The number of hydrogen-bond donors (Lipinski definition) is 0. The molecule has 3 aromatic rings. The van der Waals surface area contributed by atoms with Crippen molar-refractivity contribution < 1.29 is 4.79 Å². The molecule has 0 spiro atoms. The van der Waals surface area contributed by atoms with Crippen molar-refractivity contribution >= 4 is 11.6 Å². The molecular formula is C16H14N4O. The van der Waals surface area contributed by atoms with Gasteiger partial charge in [-0.3, -0.25) is 4.79 Å². The third kappa shape index (κ3) is 1.93. The lowest BCUT2D eigenvalue weighted by Gasteiger charge is -2.23. The van der Waals surface area contributed by atoms with Crippen molar-refractivity contribution in [1.29, 1.82) is 0 Å². The molecule has 5 heteroatoms. The number of hydrogen-bond acceptors (Lipinski definition) is 4. The summed E-state index contributed by atoms with van der Waals surface area (Å²) in [6, 6.07) is 10.2. The average Bonchev–Trinajstić information content (AvgIpc) is 2.89. The summed E-state index contributed by atoms with van der Waals surface area (Å²) in [4.78, 5) is 20.9. The molecule has 0 amide bonds. The molecule has 0 saturated heterocycles. The van der Waals surface area contributed by atoms with E-state index in [9.17, 15) is 4.79 Å². The van der Waals surface area contributed by atoms with Crippen LogP contribution in [-0.4, -0.2) is 25.4 Å². The Morgan fingerprint density at radius 2 is 2.00 bits per heavy atom. The maximum Gasteiger partial charge on any atom is 0.252 e. The second-order valence-electron chi connectivity index (χ2n) is 5.43. The second kappa shape index (κ2) is 4.48. The summed E-state index contributed by atoms with van der Waals surface area (Å²) < 4.78 is 1.72. The highest BCUT2D eigenvalue weighted by Crippen LogP contribution is 2.32. The Kier molecular flexibility index (Phi) is 2.60. The predicted octanol–water partition coefficient (Wildman–Crippen LogP) is 2.35. The highest BCUT2D eigenvalue weighted by atomic mass is 16.1. The van der Waals surface area contributed by atoms with Gasteiger partial charge in [0.15, 0.2) is 5.78 Å². The standard InChI is InChI=1S/C16H14N4O/c1-10-18-16-17-9-13-14(20(16)19-10)7-12(8-15(13)21)11-5-3-2-4-6-11/h2-6,9,12H,7-8H2,1H3. The van der Waals surface area contributed by atoms with Gasteiger partial charge in [-0.15, -0.1) is 0 Å². The van der Waals surface area contributed by atoms with Crippen LogP contribution in [0.1, 0.15) is 39.8 Å². The minimum atomic E-state index is 0.132. The number of rotatable bonds is 1. The molecule has 5 nitrogen and oxygen atoms in total. The van der Waals surface area contributed by atoms with E-state index in [0.717, 1.165) is 12.1 Å². The summed E-state index contributed by atoms with van der Waals surface area (Å²) in [6.07, 6.45) is 2.95. The molecule has 1 unspecified atom stereocenters. The minimum absolute atomic E-state index is 0.132. The van der Waals surface area contributed by atoms with Crippen LogP contribution in [-0.2, 0) is 6.42 Å². The lowest BCUT2D eigenvalue weighted by atomic mass is 9.82. The zero-order valence-corrected chi connectivity index (χ0v) is 11.7. The summed E-state index contributed by atoms with van der Waals surface area (Å²) in [5, 5.41) is 4.38. The molecule has 0 saturated carbocycles. The summed E-state index contributed by atoms with van der Waals surface area (Å²) in [6.45, 7) is 1.83. The lowest BCUT2D eigenvalue weighted by molar-refractivity contribution is 0.0962. The van der Waals surface area contributed by atoms with Crippen molar-refractivity contribution in [2.45, 2.75) is 25.7 Å². The number of aromatic nitrogens is 4. The van der Waals surface area contributed by atoms with E-state index in [1.54, 1.807) is 10.7 Å². The molecule has 0 radical (unpaired) electrons. The highest BCUT2D eigenvalue weighted by Gasteiger charge is 2.29. The molecule has 2 aromatic heterocycles. The monoisotopic (exact) mass is 278 g/mol. The second-order valence-corrected chi connectivity index (χ2v) is 5.43. The van der Waals surface area contributed by atoms with Gasteiger partial charge in [0.1, 0.15) is 5.82 Å². The van der Waals surface area contributed by atoms with Crippen LogP contribution < -0.4 is 0 Å². The highest BCUT2D eigenvalue weighted by molar-refractivity contribution is 5.98. The van der Waals surface area contributed by atoms with Gasteiger partial charge in [-0.2, -0.15) is 10.1 Å². The molecule has 0 fully saturated rings. The molecule has 1 aliphatic rings. The molecule has 0 bridgehead atoms. The fourth-order valence-corrected chi connectivity index (χ4v) is 3.01. The molecule has 1 aliphatic carbocycles. The van der Waals surface area contributed by atoms with Crippen LogP contribution in [0.5, 0.6) is 0 Å². The zero-order chi connectivity index (χ0) is 14.4. The van der Waals surface area contributed by atoms with Crippen LogP contribution in [0.3, 0.4) is 0 Å². The van der Waals surface area contributed by atoms with E-state index in [0.29, 0.717) is 23.6 Å². The number of Topliss-reactive ketones (excluding diaryl/α,β-unsaturated/α-hetero) is 1. The Labute approximate surface area is 121 Å². The minimum Gasteiger partial charge on any atom is -0.294 e. The molecule has 0 N–H and O–H groups in total. The molecule has 0 aliphatic heterocycles. The van der Waals surface area contributed by atoms with E-state index in [1.807, 2.05) is 25.1 Å². The number of benzene rings is 1. The summed E-state index contributed by atoms with van der Waals surface area (Å²) in [5.41, 5.74) is 2.79. The maximum absolute atomic E-state index is 12.4. The van der Waals surface area contributed by atoms with E-state index >= 15 is 0 Å². The average molecular weight is 278 g/mol. The Hall–Kier alpha value is -2.56. The molecular weight excluding hydrogens is 264 g/mol. The Bertz CT molecular complexity index is 838. The Morgan fingerprint density at radius 3 is 2.81 bits per heavy atom. The van der Waals surface area contributed by atoms with Crippen molar-refractivity contribution in [3.05, 3.63) is 59.2 Å². The van der Waals surface area contributed by atoms with Crippen molar-refractivity contribution in [3.8, 4) is 0 Å². The van der Waals surface area contributed by atoms with Crippen molar-refractivity contribution in [3.63, 3.8) is 0 Å². The molecule has 4 rings (SSSR count). The van der Waals surface area contributed by atoms with Gasteiger partial charge in [-0.05, 0) is 24.8 Å². The van der Waals surface area contributed by atoms with Crippen molar-refractivity contribution in [2.75, 3.05) is 0 Å². The number of carbonyl (C=O) groups is 1. The zero-order valence-electron chi connectivity index (χ0n) is 11.7. The molecule has 1 atom stereocenters. The number of fused-ring (bicyclic) bond motifs is 3. The van der Waals surface area contributed by atoms with Crippen LogP contribution in [0, 0.1) is 6.92 Å². The molecule has 21 heavy (non-hydrogen) atoms. The smallest absolute Gasteiger partial charge is 0.252 e. The fourth-order valence-electron chi connectivity index (χ4n) is 3.01. The Balaban J connectivity index is 1.86. The first-order chi connectivity index (χ1) is 10.2. The first kappa shape index (κ1) is 12.2. The van der Waals surface area contributed by atoms with Crippen LogP contribution in [0.25, 0.3) is 5.78 Å². The summed E-state index contributed by atoms with van der Waals surface area (Å²) in [5.74, 6) is 1.56. The SMILES string of the molecule is Cc1nc2ncc3c(n2n1)CC(c1ccccc1)CC3=O. The van der Waals surface area contributed by atoms with Crippen LogP contribution >= 0.6 is 0 Å². The number of nitrogens with zero attached hydrogens (tertiary/aromatic N) is 4. The van der Waals surface area contributed by atoms with E-state index in [-0.39, 0.29) is 11.7 Å². The van der Waals surface area contributed by atoms with Gasteiger partial charge in [-0.25, -0.2) is 9.50 Å². The topological polar surface area (TPSA) is 60.1 Å². The first-order valence-electron chi connectivity index (χ1n) is 7.02. The van der Waals surface area contributed by atoms with Crippen LogP contribution in [0.2, 0.25) is 0 Å². The Morgan fingerprint density at radius 1 is 1.19 bits per heavy atom. The molecule has 2 heterocycles. The van der Waals surface area contributed by atoms with Gasteiger partial charge in [-0.1, -0.05) is 30.3 Å². The van der Waals surface area contributed by atoms with Gasteiger partial charge in [0.05, 0.1) is 11.3 Å². The van der Waals surface area contributed by atoms with Gasteiger partial charge in [0.2, 0.25) is 0 Å². The van der Waals surface area contributed by atoms with Gasteiger partial charge < -0.3 is 0 Å². The number of aryl methyl sites for hydroxylation is 1. The third-order valence-corrected chi connectivity index (χ3v) is 4.01. The maximum atomic E-state index is 12.4. The first-order valence-corrected chi connectivity index (χ1v) is 7.02. The van der Waals surface area contributed by atoms with Crippen molar-refractivity contribution in [2.24, 2.45) is 0 Å². The van der Waals surface area contributed by atoms with E-state index in [2.05, 4.69) is 27.2 Å². The molecule has 104 valence electrons. The van der Waals surface area contributed by atoms with E-state index in [4.69, 9.17) is 0 Å². The quantitative estimate of drug-likeness (QED) is 0.685. The van der Waals surface area contributed by atoms with Crippen LogP contribution in [0.15, 0.2) is 36.5 Å². The third-order valence-electron chi connectivity index (χ3n) is 4.01. The predicted molar refractivity (Wildman–Crippen MR) is 77.4 cm³/mol. The largest absolute Gasteiger partial charge is 0.294 e. The van der Waals surface area contributed by atoms with E-state index in [1.165, 1.54) is 5.56 Å². The fraction of sp³-hybridized carbons (Fsp3) is 0.250. The van der Waals surface area contributed by atoms with Gasteiger partial charge in [0.25, 0.3) is 5.78 Å². The summed E-state index contributed by atoms with van der Waals surface area (Å²) >= 11 is 0. The van der Waals surface area contributed by atoms with Gasteiger partial charge >= 0.3 is 0 Å².